The van der Waals surface area contributed by atoms with Gasteiger partial charge in [-0.15, -0.1) is 0 Å². The van der Waals surface area contributed by atoms with E-state index in [1.54, 1.807) is 0 Å². The Balaban J connectivity index is 2.32. The van der Waals surface area contributed by atoms with Crippen LogP contribution in [0.4, 0.5) is 0 Å². The van der Waals surface area contributed by atoms with Gasteiger partial charge in [0.15, 0.2) is 0 Å². The summed E-state index contributed by atoms with van der Waals surface area (Å²) >= 11 is 6.13. The fourth-order valence-corrected chi connectivity index (χ4v) is 2.23. The van der Waals surface area contributed by atoms with Gasteiger partial charge in [0.2, 0.25) is 0 Å². The van der Waals surface area contributed by atoms with Gasteiger partial charge in [-0.3, -0.25) is 0 Å². The molecule has 0 N–H and O–H groups in total. The van der Waals surface area contributed by atoms with Crippen LogP contribution in [0, 0.1) is 5.92 Å². The van der Waals surface area contributed by atoms with Crippen LogP contribution in [0.25, 0.3) is 0 Å². The fourth-order valence-electron chi connectivity index (χ4n) is 1.91. The number of rotatable bonds is 2. The van der Waals surface area contributed by atoms with Crippen molar-refractivity contribution in [2.24, 2.45) is 5.92 Å². The van der Waals surface area contributed by atoms with E-state index in [1.807, 2.05) is 6.07 Å². The zero-order valence-corrected chi connectivity index (χ0v) is 9.40. The van der Waals surface area contributed by atoms with Gasteiger partial charge in [0, 0.05) is 6.42 Å². The van der Waals surface area contributed by atoms with Gasteiger partial charge in [-0.25, -0.2) is 0 Å². The van der Waals surface area contributed by atoms with E-state index in [1.165, 1.54) is 11.1 Å². The highest BCUT2D eigenvalue weighted by Gasteiger charge is 2.16. The molecule has 0 aliphatic carbocycles. The van der Waals surface area contributed by atoms with E-state index in [2.05, 4.69) is 19.9 Å². The smallest absolute Gasteiger partial charge is 0.141 e. The van der Waals surface area contributed by atoms with Gasteiger partial charge in [-0.05, 0) is 29.5 Å². The van der Waals surface area contributed by atoms with Crippen LogP contribution in [0.5, 0.6) is 5.75 Å². The van der Waals surface area contributed by atoms with Crippen molar-refractivity contribution >= 4 is 11.6 Å². The minimum atomic E-state index is 0.673. The number of halogens is 1. The van der Waals surface area contributed by atoms with Crippen molar-refractivity contribution in [1.29, 1.82) is 0 Å². The van der Waals surface area contributed by atoms with Gasteiger partial charge in [-0.1, -0.05) is 31.5 Å². The molecule has 1 aromatic rings. The molecule has 0 atom stereocenters. The molecule has 1 aliphatic heterocycles. The molecule has 0 unspecified atom stereocenters. The molecular formula is C12H15ClO. The zero-order chi connectivity index (χ0) is 10.1. The lowest BCUT2D eigenvalue weighted by atomic mass is 10.0. The molecule has 14 heavy (non-hydrogen) atoms. The number of ether oxygens (including phenoxy) is 1. The largest absolute Gasteiger partial charge is 0.491 e. The Labute approximate surface area is 90.0 Å². The Kier molecular flexibility index (Phi) is 2.69. The second-order valence-corrected chi connectivity index (χ2v) is 4.67. The molecule has 0 bridgehead atoms. The van der Waals surface area contributed by atoms with Gasteiger partial charge in [0.1, 0.15) is 5.75 Å². The van der Waals surface area contributed by atoms with Crippen molar-refractivity contribution in [2.75, 3.05) is 6.61 Å². The summed E-state index contributed by atoms with van der Waals surface area (Å²) in [7, 11) is 0. The third-order valence-corrected chi connectivity index (χ3v) is 2.72. The molecule has 0 saturated carbocycles. The van der Waals surface area contributed by atoms with Crippen molar-refractivity contribution in [3.63, 3.8) is 0 Å². The Bertz CT molecular complexity index is 344. The Hall–Kier alpha value is -0.690. The van der Waals surface area contributed by atoms with Crippen molar-refractivity contribution in [3.8, 4) is 5.75 Å². The summed E-state index contributed by atoms with van der Waals surface area (Å²) in [6, 6.07) is 4.26. The monoisotopic (exact) mass is 210 g/mol. The summed E-state index contributed by atoms with van der Waals surface area (Å²) in [5.74, 6) is 1.57. The van der Waals surface area contributed by atoms with Gasteiger partial charge >= 0.3 is 0 Å². The maximum atomic E-state index is 6.13. The van der Waals surface area contributed by atoms with Gasteiger partial charge in [0.25, 0.3) is 0 Å². The lowest BCUT2D eigenvalue weighted by molar-refractivity contribution is 0.357. The van der Waals surface area contributed by atoms with E-state index in [9.17, 15) is 0 Å². The molecule has 1 aromatic carbocycles. The first-order valence-electron chi connectivity index (χ1n) is 5.11. The highest BCUT2D eigenvalue weighted by molar-refractivity contribution is 6.32. The SMILES string of the molecule is CC(C)Cc1cc(Cl)c2c(c1)CCO2. The Morgan fingerprint density at radius 3 is 2.93 bits per heavy atom. The van der Waals surface area contributed by atoms with Crippen LogP contribution in [0.2, 0.25) is 5.02 Å². The van der Waals surface area contributed by atoms with Crippen LogP contribution in [0.3, 0.4) is 0 Å². The fraction of sp³-hybridized carbons (Fsp3) is 0.500. The summed E-state index contributed by atoms with van der Waals surface area (Å²) in [5.41, 5.74) is 2.60. The molecule has 1 heterocycles. The normalized spacial score (nSPS) is 14.3. The molecule has 0 amide bonds. The van der Waals surface area contributed by atoms with Crippen LogP contribution >= 0.6 is 11.6 Å². The van der Waals surface area contributed by atoms with Crippen LogP contribution < -0.4 is 4.74 Å². The summed E-state index contributed by atoms with van der Waals surface area (Å²) in [6.07, 6.45) is 2.09. The lowest BCUT2D eigenvalue weighted by Crippen LogP contribution is -1.95. The molecular weight excluding hydrogens is 196 g/mol. The van der Waals surface area contributed by atoms with E-state index < -0.39 is 0 Å². The number of benzene rings is 1. The summed E-state index contributed by atoms with van der Waals surface area (Å²) in [4.78, 5) is 0. The molecule has 0 radical (unpaired) electrons. The average molecular weight is 211 g/mol. The Morgan fingerprint density at radius 2 is 2.21 bits per heavy atom. The summed E-state index contributed by atoms with van der Waals surface area (Å²) < 4.78 is 5.46. The Morgan fingerprint density at radius 1 is 1.43 bits per heavy atom. The first-order valence-corrected chi connectivity index (χ1v) is 5.48. The predicted molar refractivity (Wildman–Crippen MR) is 59.2 cm³/mol. The first kappa shape index (κ1) is 9.85. The molecule has 0 spiro atoms. The van der Waals surface area contributed by atoms with Crippen molar-refractivity contribution in [2.45, 2.75) is 26.7 Å². The van der Waals surface area contributed by atoms with Gasteiger partial charge < -0.3 is 4.74 Å². The predicted octanol–water partition coefficient (Wildman–Crippen LogP) is 3.47. The third-order valence-electron chi connectivity index (χ3n) is 2.44. The van der Waals surface area contributed by atoms with E-state index in [4.69, 9.17) is 16.3 Å². The molecule has 0 saturated heterocycles. The maximum absolute atomic E-state index is 6.13. The zero-order valence-electron chi connectivity index (χ0n) is 8.64. The molecule has 1 aliphatic rings. The van der Waals surface area contributed by atoms with E-state index in [-0.39, 0.29) is 0 Å². The van der Waals surface area contributed by atoms with Crippen molar-refractivity contribution in [3.05, 3.63) is 28.3 Å². The van der Waals surface area contributed by atoms with Gasteiger partial charge in [0.05, 0.1) is 11.6 Å². The molecule has 2 rings (SSSR count). The number of hydrogen-bond acceptors (Lipinski definition) is 1. The topological polar surface area (TPSA) is 9.23 Å². The lowest BCUT2D eigenvalue weighted by Gasteiger charge is -2.08. The summed E-state index contributed by atoms with van der Waals surface area (Å²) in [6.45, 7) is 5.22. The van der Waals surface area contributed by atoms with E-state index in [0.717, 1.165) is 30.2 Å². The standard InChI is InChI=1S/C12H15ClO/c1-8(2)5-9-6-10-3-4-14-12(10)11(13)7-9/h6-8H,3-5H2,1-2H3. The number of hydrogen-bond donors (Lipinski definition) is 0. The number of fused-ring (bicyclic) bond motifs is 1. The highest BCUT2D eigenvalue weighted by atomic mass is 35.5. The van der Waals surface area contributed by atoms with Gasteiger partial charge in [-0.2, -0.15) is 0 Å². The van der Waals surface area contributed by atoms with E-state index in [0.29, 0.717) is 5.92 Å². The molecule has 1 nitrogen and oxygen atoms in total. The van der Waals surface area contributed by atoms with Crippen LogP contribution in [0.15, 0.2) is 12.1 Å². The van der Waals surface area contributed by atoms with Crippen LogP contribution in [-0.2, 0) is 12.8 Å². The van der Waals surface area contributed by atoms with E-state index >= 15 is 0 Å². The quantitative estimate of drug-likeness (QED) is 0.727. The van der Waals surface area contributed by atoms with Crippen molar-refractivity contribution < 1.29 is 4.74 Å². The average Bonchev–Trinajstić information content (AvgIpc) is 2.50. The second kappa shape index (κ2) is 3.82. The first-order chi connectivity index (χ1) is 6.66. The second-order valence-electron chi connectivity index (χ2n) is 4.26. The molecule has 2 heteroatoms. The third kappa shape index (κ3) is 1.88. The molecule has 76 valence electrons. The van der Waals surface area contributed by atoms with Crippen molar-refractivity contribution in [1.82, 2.24) is 0 Å². The molecule has 0 aromatic heterocycles. The maximum Gasteiger partial charge on any atom is 0.141 e. The molecule has 0 fully saturated rings. The highest BCUT2D eigenvalue weighted by Crippen LogP contribution is 2.35. The minimum absolute atomic E-state index is 0.673. The van der Waals surface area contributed by atoms with Crippen LogP contribution in [-0.4, -0.2) is 6.61 Å². The van der Waals surface area contributed by atoms with Crippen LogP contribution in [0.1, 0.15) is 25.0 Å². The minimum Gasteiger partial charge on any atom is -0.491 e. The summed E-state index contributed by atoms with van der Waals surface area (Å²) in [5, 5.41) is 0.774.